The van der Waals surface area contributed by atoms with Gasteiger partial charge in [0.25, 0.3) is 11.5 Å². The van der Waals surface area contributed by atoms with Crippen molar-refractivity contribution in [3.8, 4) is 11.4 Å². The van der Waals surface area contributed by atoms with Gasteiger partial charge >= 0.3 is 5.97 Å². The lowest BCUT2D eigenvalue weighted by Crippen LogP contribution is -2.31. The van der Waals surface area contributed by atoms with E-state index in [1.807, 2.05) is 13.0 Å². The van der Waals surface area contributed by atoms with Gasteiger partial charge in [0.05, 0.1) is 25.3 Å². The first kappa shape index (κ1) is 19.9. The summed E-state index contributed by atoms with van der Waals surface area (Å²) >= 11 is 0. The summed E-state index contributed by atoms with van der Waals surface area (Å²) in [5, 5.41) is 14.8. The van der Waals surface area contributed by atoms with Gasteiger partial charge in [0.2, 0.25) is 0 Å². The number of aryl methyl sites for hydroxylation is 1. The predicted octanol–water partition coefficient (Wildman–Crippen LogP) is 2.43. The molecule has 0 aliphatic heterocycles. The summed E-state index contributed by atoms with van der Waals surface area (Å²) < 4.78 is 6.42. The number of hydrogen-bond acceptors (Lipinski definition) is 4. The quantitative estimate of drug-likeness (QED) is 0.569. The highest BCUT2D eigenvalue weighted by atomic mass is 16.5. The lowest BCUT2D eigenvalue weighted by Gasteiger charge is -2.19. The Kier molecular flexibility index (Phi) is 5.82. The Morgan fingerprint density at radius 2 is 1.90 bits per heavy atom. The maximum absolute atomic E-state index is 12.7. The summed E-state index contributed by atoms with van der Waals surface area (Å²) in [7, 11) is 1.54. The number of aromatic nitrogens is 2. The van der Waals surface area contributed by atoms with Gasteiger partial charge < -0.3 is 15.2 Å². The summed E-state index contributed by atoms with van der Waals surface area (Å²) in [5.41, 5.74) is 1.68. The van der Waals surface area contributed by atoms with Crippen LogP contribution in [0.3, 0.4) is 0 Å². The van der Waals surface area contributed by atoms with Gasteiger partial charge in [-0.05, 0) is 42.3 Å². The molecule has 1 unspecified atom stereocenters. The summed E-state index contributed by atoms with van der Waals surface area (Å²) in [6.07, 6.45) is -0.303. The highest BCUT2D eigenvalue weighted by Crippen LogP contribution is 2.25. The fraction of sp³-hybridized carbons (Fsp3) is 0.190. The van der Waals surface area contributed by atoms with E-state index in [0.717, 1.165) is 5.56 Å². The van der Waals surface area contributed by atoms with Crippen molar-refractivity contribution in [3.63, 3.8) is 0 Å². The largest absolute Gasteiger partial charge is 0.497 e. The van der Waals surface area contributed by atoms with Crippen LogP contribution in [0.25, 0.3) is 5.69 Å². The van der Waals surface area contributed by atoms with E-state index >= 15 is 0 Å². The van der Waals surface area contributed by atoms with Crippen molar-refractivity contribution in [2.24, 2.45) is 0 Å². The number of amides is 1. The van der Waals surface area contributed by atoms with Crippen LogP contribution in [-0.4, -0.2) is 33.9 Å². The molecule has 2 aromatic carbocycles. The molecule has 0 fully saturated rings. The topological polar surface area (TPSA) is 113 Å². The Morgan fingerprint density at radius 3 is 2.52 bits per heavy atom. The number of aromatic amines is 1. The molecule has 1 aromatic heterocycles. The third-order valence-electron chi connectivity index (χ3n) is 4.52. The van der Waals surface area contributed by atoms with Gasteiger partial charge in [-0.25, -0.2) is 4.68 Å². The second kappa shape index (κ2) is 8.47. The molecule has 0 saturated carbocycles. The van der Waals surface area contributed by atoms with Crippen molar-refractivity contribution in [2.45, 2.75) is 19.4 Å². The average molecular weight is 395 g/mol. The molecule has 8 heteroatoms. The highest BCUT2D eigenvalue weighted by Gasteiger charge is 2.22. The van der Waals surface area contributed by atoms with Crippen molar-refractivity contribution < 1.29 is 19.4 Å². The minimum atomic E-state index is -1.05. The molecule has 0 bridgehead atoms. The summed E-state index contributed by atoms with van der Waals surface area (Å²) in [5.74, 6) is -0.991. The van der Waals surface area contributed by atoms with Crippen LogP contribution in [0.15, 0.2) is 59.4 Å². The molecule has 150 valence electrons. The SMILES string of the molecule is COc1ccc(C(CC(=O)O)NC(=O)c2cc(=O)n(-c3ccccc3)[nH]2)c(C)c1. The fourth-order valence-corrected chi connectivity index (χ4v) is 3.10. The van der Waals surface area contributed by atoms with Crippen molar-refractivity contribution in [1.29, 1.82) is 0 Å². The first-order valence-electron chi connectivity index (χ1n) is 8.93. The number of para-hydroxylation sites is 1. The minimum absolute atomic E-state index is 0.0420. The number of carbonyl (C=O) groups is 2. The number of rotatable bonds is 7. The van der Waals surface area contributed by atoms with Gasteiger partial charge in [-0.1, -0.05) is 24.3 Å². The van der Waals surface area contributed by atoms with E-state index in [1.54, 1.807) is 49.6 Å². The van der Waals surface area contributed by atoms with Crippen LogP contribution >= 0.6 is 0 Å². The molecule has 3 rings (SSSR count). The third-order valence-corrected chi connectivity index (χ3v) is 4.52. The molecular weight excluding hydrogens is 374 g/mol. The Morgan fingerprint density at radius 1 is 1.17 bits per heavy atom. The molecule has 3 N–H and O–H groups in total. The lowest BCUT2D eigenvalue weighted by atomic mass is 9.98. The molecule has 3 aromatic rings. The van der Waals surface area contributed by atoms with Crippen LogP contribution in [0.2, 0.25) is 0 Å². The third kappa shape index (κ3) is 4.55. The Bertz CT molecular complexity index is 1090. The van der Waals surface area contributed by atoms with E-state index in [4.69, 9.17) is 4.74 Å². The minimum Gasteiger partial charge on any atom is -0.497 e. The summed E-state index contributed by atoms with van der Waals surface area (Å²) in [6, 6.07) is 14.4. The van der Waals surface area contributed by atoms with Crippen LogP contribution in [0.1, 0.15) is 34.1 Å². The van der Waals surface area contributed by atoms with E-state index in [1.165, 1.54) is 10.7 Å². The summed E-state index contributed by atoms with van der Waals surface area (Å²) in [4.78, 5) is 36.3. The van der Waals surface area contributed by atoms with Gasteiger partial charge in [0, 0.05) is 6.07 Å². The van der Waals surface area contributed by atoms with Crippen molar-refractivity contribution >= 4 is 11.9 Å². The zero-order valence-electron chi connectivity index (χ0n) is 16.0. The van der Waals surface area contributed by atoms with Crippen molar-refractivity contribution in [2.75, 3.05) is 7.11 Å². The normalized spacial score (nSPS) is 11.7. The zero-order valence-corrected chi connectivity index (χ0v) is 16.0. The van der Waals surface area contributed by atoms with Crippen molar-refractivity contribution in [1.82, 2.24) is 15.1 Å². The number of nitrogens with one attached hydrogen (secondary N) is 2. The Labute approximate surface area is 166 Å². The maximum Gasteiger partial charge on any atom is 0.305 e. The smallest absolute Gasteiger partial charge is 0.305 e. The monoisotopic (exact) mass is 395 g/mol. The van der Waals surface area contributed by atoms with Gasteiger partial charge in [-0.2, -0.15) is 0 Å². The summed E-state index contributed by atoms with van der Waals surface area (Å²) in [6.45, 7) is 1.81. The number of H-pyrrole nitrogens is 1. The molecular formula is C21H21N3O5. The number of nitrogens with zero attached hydrogens (tertiary/aromatic N) is 1. The fourth-order valence-electron chi connectivity index (χ4n) is 3.10. The Balaban J connectivity index is 1.88. The van der Waals surface area contributed by atoms with Crippen LogP contribution in [0.4, 0.5) is 0 Å². The molecule has 0 saturated heterocycles. The number of benzene rings is 2. The first-order valence-corrected chi connectivity index (χ1v) is 8.93. The number of aliphatic carboxylic acids is 1. The maximum atomic E-state index is 12.7. The van der Waals surface area contributed by atoms with Crippen LogP contribution in [-0.2, 0) is 4.79 Å². The van der Waals surface area contributed by atoms with E-state index in [-0.39, 0.29) is 12.1 Å². The number of ether oxygens (including phenoxy) is 1. The number of hydrogen-bond donors (Lipinski definition) is 3. The molecule has 0 radical (unpaired) electrons. The van der Waals surface area contributed by atoms with Crippen LogP contribution in [0, 0.1) is 6.92 Å². The van der Waals surface area contributed by atoms with E-state index in [2.05, 4.69) is 10.4 Å². The number of carboxylic acid groups (broad SMARTS) is 1. The van der Waals surface area contributed by atoms with Crippen LogP contribution in [0.5, 0.6) is 5.75 Å². The number of carboxylic acids is 1. The average Bonchev–Trinajstić information content (AvgIpc) is 3.09. The zero-order chi connectivity index (χ0) is 21.0. The molecule has 0 spiro atoms. The second-order valence-electron chi connectivity index (χ2n) is 6.53. The van der Waals surface area contributed by atoms with Gasteiger partial charge in [0.15, 0.2) is 0 Å². The van der Waals surface area contributed by atoms with Gasteiger partial charge in [0.1, 0.15) is 11.4 Å². The van der Waals surface area contributed by atoms with E-state index in [0.29, 0.717) is 17.0 Å². The number of carbonyl (C=O) groups excluding carboxylic acids is 1. The standard InChI is InChI=1S/C21H21N3O5/c1-13-10-15(29-2)8-9-16(13)17(12-20(26)27)22-21(28)18-11-19(25)24(23-18)14-6-4-3-5-7-14/h3-11,17,23H,12H2,1-2H3,(H,22,28)(H,26,27). The second-order valence-corrected chi connectivity index (χ2v) is 6.53. The molecule has 1 heterocycles. The lowest BCUT2D eigenvalue weighted by molar-refractivity contribution is -0.137. The van der Waals surface area contributed by atoms with Crippen molar-refractivity contribution in [3.05, 3.63) is 81.8 Å². The van der Waals surface area contributed by atoms with E-state index in [9.17, 15) is 19.5 Å². The van der Waals surface area contributed by atoms with Gasteiger partial charge in [-0.15, -0.1) is 0 Å². The molecule has 1 amide bonds. The molecule has 8 nitrogen and oxygen atoms in total. The molecule has 1 atom stereocenters. The van der Waals surface area contributed by atoms with E-state index < -0.39 is 23.5 Å². The van der Waals surface area contributed by atoms with Gasteiger partial charge in [-0.3, -0.25) is 19.5 Å². The predicted molar refractivity (Wildman–Crippen MR) is 107 cm³/mol. The molecule has 0 aliphatic carbocycles. The number of methoxy groups -OCH3 is 1. The first-order chi connectivity index (χ1) is 13.9. The molecule has 0 aliphatic rings. The Hall–Kier alpha value is -3.81. The highest BCUT2D eigenvalue weighted by molar-refractivity contribution is 5.92. The van der Waals surface area contributed by atoms with Crippen LogP contribution < -0.4 is 15.6 Å². The molecule has 29 heavy (non-hydrogen) atoms.